The Morgan fingerprint density at radius 2 is 2.11 bits per heavy atom. The van der Waals surface area contributed by atoms with Crippen LogP contribution < -0.4 is 10.6 Å². The summed E-state index contributed by atoms with van der Waals surface area (Å²) in [6, 6.07) is 4.32. The number of nitrogens with zero attached hydrogens (tertiary/aromatic N) is 2. The molecule has 1 aromatic carbocycles. The molecule has 3 heterocycles. The van der Waals surface area contributed by atoms with E-state index in [0.717, 1.165) is 11.3 Å². The van der Waals surface area contributed by atoms with Gasteiger partial charge in [-0.25, -0.2) is 4.98 Å². The van der Waals surface area contributed by atoms with E-state index in [1.165, 1.54) is 4.90 Å². The van der Waals surface area contributed by atoms with Crippen LogP contribution in [0.15, 0.2) is 24.4 Å². The molecule has 4 amide bonds. The molecule has 0 aliphatic carbocycles. The number of amides is 4. The number of imide groups is 1. The molecule has 2 aliphatic rings. The normalized spacial score (nSPS) is 19.1. The smallest absolute Gasteiger partial charge is 0.291 e. The van der Waals surface area contributed by atoms with Gasteiger partial charge in [0.2, 0.25) is 11.8 Å². The Morgan fingerprint density at radius 3 is 2.81 bits per heavy atom. The van der Waals surface area contributed by atoms with Gasteiger partial charge in [-0.15, -0.1) is 0 Å². The van der Waals surface area contributed by atoms with E-state index >= 15 is 0 Å². The van der Waals surface area contributed by atoms with Crippen molar-refractivity contribution in [2.24, 2.45) is 0 Å². The van der Waals surface area contributed by atoms with Gasteiger partial charge in [0.25, 0.3) is 11.8 Å². The summed E-state index contributed by atoms with van der Waals surface area (Å²) in [6.07, 6.45) is 2.08. The Morgan fingerprint density at radius 1 is 1.30 bits per heavy atom. The van der Waals surface area contributed by atoms with Gasteiger partial charge in [0.05, 0.1) is 0 Å². The zero-order valence-corrected chi connectivity index (χ0v) is 14.5. The van der Waals surface area contributed by atoms with Crippen LogP contribution in [0, 0.1) is 6.92 Å². The monoisotopic (exact) mass is 367 g/mol. The number of nitrogens with one attached hydrogen (secondary N) is 3. The lowest BCUT2D eigenvalue weighted by Crippen LogP contribution is -2.52. The van der Waals surface area contributed by atoms with E-state index in [4.69, 9.17) is 0 Å². The fourth-order valence-electron chi connectivity index (χ4n) is 3.37. The number of aromatic amines is 1. The Hall–Kier alpha value is -3.49. The van der Waals surface area contributed by atoms with Gasteiger partial charge in [-0.3, -0.25) is 24.5 Å². The first kappa shape index (κ1) is 17.0. The summed E-state index contributed by atoms with van der Waals surface area (Å²) in [4.78, 5) is 56.5. The van der Waals surface area contributed by atoms with E-state index < -0.39 is 11.9 Å². The maximum absolute atomic E-state index is 12.6. The molecule has 27 heavy (non-hydrogen) atoms. The number of piperidine rings is 1. The van der Waals surface area contributed by atoms with Crippen molar-refractivity contribution in [3.8, 4) is 0 Å². The van der Waals surface area contributed by atoms with E-state index in [1.807, 2.05) is 0 Å². The van der Waals surface area contributed by atoms with E-state index in [-0.39, 0.29) is 36.5 Å². The zero-order chi connectivity index (χ0) is 19.1. The van der Waals surface area contributed by atoms with E-state index in [1.54, 1.807) is 31.3 Å². The molecule has 9 nitrogen and oxygen atoms in total. The Bertz CT molecular complexity index is 980. The Labute approximate surface area is 154 Å². The van der Waals surface area contributed by atoms with Crippen LogP contribution in [0.4, 0.5) is 5.69 Å². The average Bonchev–Trinajstić information content (AvgIpc) is 3.19. The van der Waals surface area contributed by atoms with E-state index in [2.05, 4.69) is 20.6 Å². The number of hydrogen-bond donors (Lipinski definition) is 3. The standard InChI is InChI=1S/C18H17N5O4/c1-9-7-19-15(20-9)17(26)21-11-2-3-12-10(6-11)8-23(18(12)27)13-4-5-14(24)22-16(13)25/h2-3,6-7,13H,4-5,8H2,1H3,(H,19,20)(H,21,26)(H,22,24,25). The van der Waals surface area contributed by atoms with Gasteiger partial charge in [-0.2, -0.15) is 0 Å². The number of anilines is 1. The van der Waals surface area contributed by atoms with Crippen molar-refractivity contribution >= 4 is 29.3 Å². The van der Waals surface area contributed by atoms with Crippen molar-refractivity contribution in [2.75, 3.05) is 5.32 Å². The number of carbonyl (C=O) groups is 4. The minimum absolute atomic E-state index is 0.203. The highest BCUT2D eigenvalue weighted by molar-refractivity contribution is 6.06. The van der Waals surface area contributed by atoms with Gasteiger partial charge in [0.15, 0.2) is 5.82 Å². The second kappa shape index (κ2) is 6.35. The molecule has 3 N–H and O–H groups in total. The van der Waals surface area contributed by atoms with Crippen LogP contribution >= 0.6 is 0 Å². The van der Waals surface area contributed by atoms with Gasteiger partial charge in [0.1, 0.15) is 6.04 Å². The fraction of sp³-hybridized carbons (Fsp3) is 0.278. The molecular weight excluding hydrogens is 350 g/mol. The lowest BCUT2D eigenvalue weighted by molar-refractivity contribution is -0.136. The molecule has 0 saturated carbocycles. The minimum Gasteiger partial charge on any atom is -0.338 e. The van der Waals surface area contributed by atoms with Crippen LogP contribution in [0.3, 0.4) is 0 Å². The van der Waals surface area contributed by atoms with Crippen molar-refractivity contribution < 1.29 is 19.2 Å². The first-order valence-electron chi connectivity index (χ1n) is 8.53. The molecule has 9 heteroatoms. The number of imidazole rings is 1. The van der Waals surface area contributed by atoms with Crippen molar-refractivity contribution in [3.63, 3.8) is 0 Å². The van der Waals surface area contributed by atoms with Gasteiger partial charge in [-0.1, -0.05) is 0 Å². The second-order valence-corrected chi connectivity index (χ2v) is 6.64. The molecular formula is C18H17N5O4. The molecule has 2 aromatic rings. The summed E-state index contributed by atoms with van der Waals surface area (Å²) in [6.45, 7) is 2.05. The molecule has 1 unspecified atom stereocenters. The van der Waals surface area contributed by atoms with Crippen molar-refractivity contribution in [3.05, 3.63) is 47.0 Å². The van der Waals surface area contributed by atoms with Crippen LogP contribution in [-0.2, 0) is 16.1 Å². The summed E-state index contributed by atoms with van der Waals surface area (Å²) < 4.78 is 0. The minimum atomic E-state index is -0.660. The van der Waals surface area contributed by atoms with Crippen LogP contribution in [0.5, 0.6) is 0 Å². The highest BCUT2D eigenvalue weighted by Crippen LogP contribution is 2.29. The molecule has 2 aliphatic heterocycles. The topological polar surface area (TPSA) is 124 Å². The molecule has 0 bridgehead atoms. The Balaban J connectivity index is 1.51. The zero-order valence-electron chi connectivity index (χ0n) is 14.5. The predicted molar refractivity (Wildman–Crippen MR) is 93.8 cm³/mol. The SMILES string of the molecule is Cc1cnc(C(=O)Nc2ccc3c(c2)CN(C2CCC(=O)NC2=O)C3=O)[nH]1. The Kier molecular flexibility index (Phi) is 3.98. The summed E-state index contributed by atoms with van der Waals surface area (Å²) in [5.41, 5.74) is 2.52. The number of benzene rings is 1. The number of fused-ring (bicyclic) bond motifs is 1. The van der Waals surface area contributed by atoms with Gasteiger partial charge in [0, 0.05) is 36.1 Å². The molecule has 0 spiro atoms. The number of H-pyrrole nitrogens is 1. The van der Waals surface area contributed by atoms with Crippen molar-refractivity contribution in [1.82, 2.24) is 20.2 Å². The van der Waals surface area contributed by atoms with Crippen LogP contribution in [0.2, 0.25) is 0 Å². The second-order valence-electron chi connectivity index (χ2n) is 6.64. The maximum Gasteiger partial charge on any atom is 0.291 e. The number of carbonyl (C=O) groups excluding carboxylic acids is 4. The molecule has 1 fully saturated rings. The van der Waals surface area contributed by atoms with Crippen molar-refractivity contribution in [1.29, 1.82) is 0 Å². The van der Waals surface area contributed by atoms with Crippen LogP contribution in [-0.4, -0.2) is 44.5 Å². The van der Waals surface area contributed by atoms with Crippen LogP contribution in [0.1, 0.15) is 45.1 Å². The van der Waals surface area contributed by atoms with Gasteiger partial charge < -0.3 is 15.2 Å². The lowest BCUT2D eigenvalue weighted by atomic mass is 10.0. The highest BCUT2D eigenvalue weighted by Gasteiger charge is 2.39. The largest absolute Gasteiger partial charge is 0.338 e. The molecule has 1 aromatic heterocycles. The quantitative estimate of drug-likeness (QED) is 0.690. The van der Waals surface area contributed by atoms with Crippen molar-refractivity contribution in [2.45, 2.75) is 32.4 Å². The van der Waals surface area contributed by atoms with E-state index in [9.17, 15) is 19.2 Å². The predicted octanol–water partition coefficient (Wildman–Crippen LogP) is 0.731. The molecule has 138 valence electrons. The molecule has 4 rings (SSSR count). The van der Waals surface area contributed by atoms with Crippen LogP contribution in [0.25, 0.3) is 0 Å². The van der Waals surface area contributed by atoms with Gasteiger partial charge >= 0.3 is 0 Å². The third kappa shape index (κ3) is 3.07. The number of aryl methyl sites for hydroxylation is 1. The average molecular weight is 367 g/mol. The third-order valence-electron chi connectivity index (χ3n) is 4.70. The maximum atomic E-state index is 12.6. The first-order valence-corrected chi connectivity index (χ1v) is 8.53. The summed E-state index contributed by atoms with van der Waals surface area (Å²) in [7, 11) is 0. The molecule has 0 radical (unpaired) electrons. The highest BCUT2D eigenvalue weighted by atomic mass is 16.2. The number of hydrogen-bond acceptors (Lipinski definition) is 5. The molecule has 1 saturated heterocycles. The lowest BCUT2D eigenvalue weighted by Gasteiger charge is -2.29. The summed E-state index contributed by atoms with van der Waals surface area (Å²) >= 11 is 0. The fourth-order valence-corrected chi connectivity index (χ4v) is 3.37. The summed E-state index contributed by atoms with van der Waals surface area (Å²) in [5, 5.41) is 5.01. The first-order chi connectivity index (χ1) is 12.9. The van der Waals surface area contributed by atoms with Gasteiger partial charge in [-0.05, 0) is 37.1 Å². The number of aromatic nitrogens is 2. The van der Waals surface area contributed by atoms with E-state index in [0.29, 0.717) is 17.7 Å². The number of rotatable bonds is 3. The molecule has 1 atom stereocenters. The third-order valence-corrected chi connectivity index (χ3v) is 4.70. The summed E-state index contributed by atoms with van der Waals surface area (Å²) in [5.74, 6) is -1.20.